The van der Waals surface area contributed by atoms with Crippen LogP contribution in [0.2, 0.25) is 0 Å². The number of methoxy groups -OCH3 is 2. The maximum Gasteiger partial charge on any atom is 0.315 e. The molecule has 0 heterocycles. The van der Waals surface area contributed by atoms with Crippen molar-refractivity contribution < 1.29 is 34.3 Å². The minimum Gasteiger partial charge on any atom is -0.500 e. The Morgan fingerprint density at radius 2 is 1.00 bits per heavy atom. The second-order valence-electron chi connectivity index (χ2n) is 10.4. The standard InChI is InChI=1S/C35H24N2O9/c1-45-29-17-21(15-27(34(29)39)36(41)42)31-23-9-5-3-7-19(23)11-13-25(31)33(38)26-14-12-20-8-4-6-10-24(20)32(26)22-16-28(37(43)44)35(40)30(18-22)46-2/h3-18,39-40H,1-2H3. The van der Waals surface area contributed by atoms with Crippen LogP contribution in [0.15, 0.2) is 97.1 Å². The molecule has 11 heteroatoms. The number of phenolic OH excluding ortho intramolecular Hbond substituents is 2. The second kappa shape index (κ2) is 11.5. The zero-order valence-electron chi connectivity index (χ0n) is 24.4. The molecule has 0 aliphatic carbocycles. The van der Waals surface area contributed by atoms with Crippen LogP contribution in [0.3, 0.4) is 0 Å². The van der Waals surface area contributed by atoms with Gasteiger partial charge in [-0.25, -0.2) is 0 Å². The molecule has 0 amide bonds. The maximum atomic E-state index is 14.8. The first-order valence-electron chi connectivity index (χ1n) is 13.8. The monoisotopic (exact) mass is 616 g/mol. The number of hydrogen-bond donors (Lipinski definition) is 2. The van der Waals surface area contributed by atoms with Gasteiger partial charge in [-0.3, -0.25) is 25.0 Å². The van der Waals surface area contributed by atoms with Gasteiger partial charge >= 0.3 is 11.4 Å². The predicted molar refractivity (Wildman–Crippen MR) is 172 cm³/mol. The zero-order chi connectivity index (χ0) is 32.7. The predicted octanol–water partition coefficient (Wildman–Crippen LogP) is 7.80. The van der Waals surface area contributed by atoms with Gasteiger partial charge in [0.2, 0.25) is 11.5 Å². The molecule has 6 rings (SSSR count). The number of phenols is 2. The first kappa shape index (κ1) is 29.6. The van der Waals surface area contributed by atoms with Crippen molar-refractivity contribution in [1.82, 2.24) is 0 Å². The highest BCUT2D eigenvalue weighted by Crippen LogP contribution is 2.46. The van der Waals surface area contributed by atoms with Crippen molar-refractivity contribution in [2.75, 3.05) is 14.2 Å². The normalized spacial score (nSPS) is 11.0. The summed E-state index contributed by atoms with van der Waals surface area (Å²) in [6.07, 6.45) is 0. The number of carbonyl (C=O) groups is 1. The molecule has 0 radical (unpaired) electrons. The number of ketones is 1. The molecule has 228 valence electrons. The summed E-state index contributed by atoms with van der Waals surface area (Å²) < 4.78 is 10.5. The zero-order valence-corrected chi connectivity index (χ0v) is 24.4. The quantitative estimate of drug-likeness (QED) is 0.0986. The summed E-state index contributed by atoms with van der Waals surface area (Å²) in [6, 6.07) is 26.4. The van der Waals surface area contributed by atoms with Crippen LogP contribution < -0.4 is 9.47 Å². The van der Waals surface area contributed by atoms with Crippen LogP contribution in [-0.2, 0) is 0 Å². The second-order valence-corrected chi connectivity index (χ2v) is 10.4. The molecule has 0 aliphatic rings. The van der Waals surface area contributed by atoms with Crippen LogP contribution >= 0.6 is 0 Å². The van der Waals surface area contributed by atoms with Crippen LogP contribution in [0.25, 0.3) is 43.8 Å². The molecule has 6 aromatic carbocycles. The number of fused-ring (bicyclic) bond motifs is 2. The number of nitro groups is 2. The number of hydrogen-bond acceptors (Lipinski definition) is 9. The van der Waals surface area contributed by atoms with E-state index >= 15 is 0 Å². The molecular weight excluding hydrogens is 592 g/mol. The van der Waals surface area contributed by atoms with E-state index in [0.29, 0.717) is 21.9 Å². The van der Waals surface area contributed by atoms with E-state index in [4.69, 9.17) is 9.47 Å². The summed E-state index contributed by atoms with van der Waals surface area (Å²) in [4.78, 5) is 37.1. The van der Waals surface area contributed by atoms with E-state index in [1.807, 2.05) is 24.3 Å². The topological polar surface area (TPSA) is 162 Å². The van der Waals surface area contributed by atoms with Crippen LogP contribution in [0.1, 0.15) is 15.9 Å². The molecule has 6 aromatic rings. The van der Waals surface area contributed by atoms with Crippen molar-refractivity contribution in [3.8, 4) is 45.3 Å². The first-order valence-corrected chi connectivity index (χ1v) is 13.8. The summed E-state index contributed by atoms with van der Waals surface area (Å²) in [6.45, 7) is 0. The van der Waals surface area contributed by atoms with E-state index in [0.717, 1.165) is 10.8 Å². The molecular formula is C35H24N2O9. The number of rotatable bonds is 8. The maximum absolute atomic E-state index is 14.8. The molecule has 46 heavy (non-hydrogen) atoms. The van der Waals surface area contributed by atoms with E-state index in [9.17, 15) is 35.2 Å². The van der Waals surface area contributed by atoms with Gasteiger partial charge < -0.3 is 19.7 Å². The lowest BCUT2D eigenvalue weighted by molar-refractivity contribution is -0.386. The van der Waals surface area contributed by atoms with Gasteiger partial charge in [-0.1, -0.05) is 60.7 Å². The van der Waals surface area contributed by atoms with Crippen molar-refractivity contribution in [2.24, 2.45) is 0 Å². The molecule has 11 nitrogen and oxygen atoms in total. The summed E-state index contributed by atoms with van der Waals surface area (Å²) in [5, 5.41) is 47.5. The highest BCUT2D eigenvalue weighted by Gasteiger charge is 2.28. The van der Waals surface area contributed by atoms with E-state index in [2.05, 4.69) is 0 Å². The molecule has 0 saturated heterocycles. The van der Waals surface area contributed by atoms with Crippen molar-refractivity contribution in [1.29, 1.82) is 0 Å². The lowest BCUT2D eigenvalue weighted by atomic mass is 9.85. The fraction of sp³-hybridized carbons (Fsp3) is 0.0571. The lowest BCUT2D eigenvalue weighted by Crippen LogP contribution is -2.07. The van der Waals surface area contributed by atoms with E-state index in [1.165, 1.54) is 38.5 Å². The fourth-order valence-electron chi connectivity index (χ4n) is 5.75. The van der Waals surface area contributed by atoms with Crippen molar-refractivity contribution in [3.63, 3.8) is 0 Å². The minimum atomic E-state index is -0.736. The lowest BCUT2D eigenvalue weighted by Gasteiger charge is -2.18. The van der Waals surface area contributed by atoms with Crippen LogP contribution in [0.5, 0.6) is 23.0 Å². The van der Waals surface area contributed by atoms with Crippen LogP contribution in [0.4, 0.5) is 11.4 Å². The van der Waals surface area contributed by atoms with Crippen LogP contribution in [0, 0.1) is 20.2 Å². The van der Waals surface area contributed by atoms with Gasteiger partial charge in [0.15, 0.2) is 17.3 Å². The van der Waals surface area contributed by atoms with Crippen molar-refractivity contribution in [2.45, 2.75) is 0 Å². The van der Waals surface area contributed by atoms with Gasteiger partial charge in [-0.05, 0) is 56.9 Å². The summed E-state index contributed by atoms with van der Waals surface area (Å²) in [5.41, 5.74) is 0.383. The third-order valence-corrected chi connectivity index (χ3v) is 7.87. The highest BCUT2D eigenvalue weighted by atomic mass is 16.6. The molecule has 0 aromatic heterocycles. The average molecular weight is 617 g/mol. The number of carbonyl (C=O) groups excluding carboxylic acids is 1. The molecule has 0 saturated carbocycles. The van der Waals surface area contributed by atoms with E-state index < -0.39 is 38.5 Å². The van der Waals surface area contributed by atoms with Crippen molar-refractivity contribution in [3.05, 3.63) is 128 Å². The molecule has 2 N–H and O–H groups in total. The summed E-state index contributed by atoms with van der Waals surface area (Å²) in [7, 11) is 2.54. The van der Waals surface area contributed by atoms with Gasteiger partial charge in [-0.2, -0.15) is 0 Å². The van der Waals surface area contributed by atoms with Crippen LogP contribution in [-0.4, -0.2) is 40.1 Å². The van der Waals surface area contributed by atoms with E-state index in [-0.39, 0.29) is 33.8 Å². The molecule has 0 spiro atoms. The first-order chi connectivity index (χ1) is 22.1. The number of ether oxygens (including phenoxy) is 2. The van der Waals surface area contributed by atoms with Crippen molar-refractivity contribution >= 4 is 38.7 Å². The Kier molecular flexibility index (Phi) is 7.42. The molecule has 0 unspecified atom stereocenters. The Bertz CT molecular complexity index is 2090. The third kappa shape index (κ3) is 4.85. The Balaban J connectivity index is 1.69. The summed E-state index contributed by atoms with van der Waals surface area (Å²) >= 11 is 0. The fourth-order valence-corrected chi connectivity index (χ4v) is 5.75. The number of nitrogens with zero attached hydrogens (tertiary/aromatic N) is 2. The largest absolute Gasteiger partial charge is 0.500 e. The number of benzene rings is 6. The summed E-state index contributed by atoms with van der Waals surface area (Å²) in [5.74, 6) is -2.07. The Morgan fingerprint density at radius 1 is 0.609 bits per heavy atom. The minimum absolute atomic E-state index is 0.148. The average Bonchev–Trinajstić information content (AvgIpc) is 3.07. The smallest absolute Gasteiger partial charge is 0.315 e. The Labute approximate surface area is 260 Å². The highest BCUT2D eigenvalue weighted by molar-refractivity contribution is 6.22. The molecule has 0 aliphatic heterocycles. The van der Waals surface area contributed by atoms with Gasteiger partial charge in [0, 0.05) is 34.4 Å². The molecule has 0 atom stereocenters. The van der Waals surface area contributed by atoms with Gasteiger partial charge in [-0.15, -0.1) is 0 Å². The Hall–Kier alpha value is -6.49. The SMILES string of the molecule is COc1cc(-c2c(C(=O)c3ccc4ccccc4c3-c3cc(OC)c(O)c([N+](=O)[O-])c3)ccc3ccccc23)cc([N+](=O)[O-])c1O. The Morgan fingerprint density at radius 3 is 1.37 bits per heavy atom. The van der Waals surface area contributed by atoms with Gasteiger partial charge in [0.05, 0.1) is 24.1 Å². The number of aromatic hydroxyl groups is 2. The third-order valence-electron chi connectivity index (χ3n) is 7.87. The molecule has 0 fully saturated rings. The molecule has 0 bridgehead atoms. The van der Waals surface area contributed by atoms with Gasteiger partial charge in [0.25, 0.3) is 0 Å². The van der Waals surface area contributed by atoms with Gasteiger partial charge in [0.1, 0.15) is 0 Å². The van der Waals surface area contributed by atoms with E-state index in [1.54, 1.807) is 48.5 Å². The number of nitro benzene ring substituents is 2.